The number of nitrogens with one attached hydrogen (secondary N) is 1. The number of halogens is 2. The van der Waals surface area contributed by atoms with Crippen LogP contribution in [0.4, 0.5) is 5.69 Å². The third-order valence-electron chi connectivity index (χ3n) is 2.51. The molecule has 2 N–H and O–H groups in total. The molecular formula is C15H10Cl2N2O2. The first-order chi connectivity index (χ1) is 10.1. The third-order valence-corrected chi connectivity index (χ3v) is 3.33. The molecule has 1 heterocycles. The number of pyridine rings is 1. The van der Waals surface area contributed by atoms with Gasteiger partial charge in [-0.05, 0) is 24.3 Å². The summed E-state index contributed by atoms with van der Waals surface area (Å²) in [5.74, 6) is 4.79. The Morgan fingerprint density at radius 2 is 2.10 bits per heavy atom. The van der Waals surface area contributed by atoms with E-state index in [0.717, 1.165) is 0 Å². The van der Waals surface area contributed by atoms with Gasteiger partial charge in [0.2, 0.25) is 0 Å². The van der Waals surface area contributed by atoms with Crippen molar-refractivity contribution in [3.8, 4) is 11.8 Å². The predicted molar refractivity (Wildman–Crippen MR) is 82.6 cm³/mol. The van der Waals surface area contributed by atoms with E-state index in [-0.39, 0.29) is 17.3 Å². The number of rotatable bonds is 2. The minimum absolute atomic E-state index is 0.223. The Hall–Kier alpha value is -2.06. The fourth-order valence-corrected chi connectivity index (χ4v) is 1.88. The number of amides is 1. The molecule has 21 heavy (non-hydrogen) atoms. The van der Waals surface area contributed by atoms with E-state index in [0.29, 0.717) is 16.3 Å². The molecule has 2 aromatic rings. The van der Waals surface area contributed by atoms with Crippen molar-refractivity contribution < 1.29 is 9.90 Å². The number of aromatic nitrogens is 1. The molecule has 0 radical (unpaired) electrons. The lowest BCUT2D eigenvalue weighted by molar-refractivity contribution is 0.102. The first kappa shape index (κ1) is 15.3. The number of aliphatic hydroxyl groups excluding tert-OH is 1. The lowest BCUT2D eigenvalue weighted by atomic mass is 10.2. The van der Waals surface area contributed by atoms with Crippen LogP contribution in [0.25, 0.3) is 0 Å². The summed E-state index contributed by atoms with van der Waals surface area (Å²) in [6.07, 6.45) is 1.46. The van der Waals surface area contributed by atoms with Crippen molar-refractivity contribution in [2.24, 2.45) is 0 Å². The Morgan fingerprint density at radius 3 is 2.76 bits per heavy atom. The van der Waals surface area contributed by atoms with Gasteiger partial charge < -0.3 is 10.4 Å². The molecule has 0 aliphatic carbocycles. The minimum Gasteiger partial charge on any atom is -0.384 e. The lowest BCUT2D eigenvalue weighted by Crippen LogP contribution is -2.13. The smallest absolute Gasteiger partial charge is 0.274 e. The van der Waals surface area contributed by atoms with Gasteiger partial charge in [-0.3, -0.25) is 4.79 Å². The van der Waals surface area contributed by atoms with Gasteiger partial charge in [-0.25, -0.2) is 4.98 Å². The quantitative estimate of drug-likeness (QED) is 0.836. The molecule has 1 aromatic carbocycles. The molecule has 106 valence electrons. The summed E-state index contributed by atoms with van der Waals surface area (Å²) in [5.41, 5.74) is 1.25. The predicted octanol–water partition coefficient (Wildman–Crippen LogP) is 2.98. The van der Waals surface area contributed by atoms with E-state index in [1.165, 1.54) is 12.3 Å². The number of nitrogens with zero attached hydrogens (tertiary/aromatic N) is 1. The Bertz CT molecular complexity index is 719. The summed E-state index contributed by atoms with van der Waals surface area (Å²) in [6, 6.07) is 8.14. The Labute approximate surface area is 131 Å². The topological polar surface area (TPSA) is 62.2 Å². The second kappa shape index (κ2) is 7.09. The molecule has 2 rings (SSSR count). The number of carbonyl (C=O) groups is 1. The van der Waals surface area contributed by atoms with E-state index in [4.69, 9.17) is 28.3 Å². The maximum absolute atomic E-state index is 12.1. The number of hydrogen-bond donors (Lipinski definition) is 2. The lowest BCUT2D eigenvalue weighted by Gasteiger charge is -2.07. The first-order valence-electron chi connectivity index (χ1n) is 5.93. The van der Waals surface area contributed by atoms with E-state index < -0.39 is 5.91 Å². The normalized spacial score (nSPS) is 9.67. The van der Waals surface area contributed by atoms with Crippen LogP contribution in [0.5, 0.6) is 0 Å². The van der Waals surface area contributed by atoms with E-state index in [9.17, 15) is 4.79 Å². The molecule has 0 atom stereocenters. The van der Waals surface area contributed by atoms with Gasteiger partial charge in [-0.2, -0.15) is 0 Å². The molecule has 0 aliphatic rings. The largest absolute Gasteiger partial charge is 0.384 e. The van der Waals surface area contributed by atoms with E-state index in [2.05, 4.69) is 22.1 Å². The molecule has 0 saturated carbocycles. The molecule has 0 unspecified atom stereocenters. The van der Waals surface area contributed by atoms with Crippen LogP contribution in [0.3, 0.4) is 0 Å². The van der Waals surface area contributed by atoms with Gasteiger partial charge in [0.15, 0.2) is 0 Å². The van der Waals surface area contributed by atoms with Crippen molar-refractivity contribution in [3.63, 3.8) is 0 Å². The highest BCUT2D eigenvalue weighted by Crippen LogP contribution is 2.29. The van der Waals surface area contributed by atoms with Crippen molar-refractivity contribution in [1.82, 2.24) is 4.98 Å². The fraction of sp³-hybridized carbons (Fsp3) is 0.0667. The van der Waals surface area contributed by atoms with Crippen LogP contribution >= 0.6 is 23.2 Å². The van der Waals surface area contributed by atoms with E-state index >= 15 is 0 Å². The van der Waals surface area contributed by atoms with Gasteiger partial charge in [0.1, 0.15) is 12.3 Å². The highest BCUT2D eigenvalue weighted by Gasteiger charge is 2.11. The molecule has 4 nitrogen and oxygen atoms in total. The summed E-state index contributed by atoms with van der Waals surface area (Å²) in [4.78, 5) is 16.1. The van der Waals surface area contributed by atoms with Crippen molar-refractivity contribution in [2.45, 2.75) is 0 Å². The fourth-order valence-electron chi connectivity index (χ4n) is 1.53. The monoisotopic (exact) mass is 320 g/mol. The maximum atomic E-state index is 12.1. The zero-order valence-electron chi connectivity index (χ0n) is 10.7. The standard InChI is InChI=1S/C15H10Cl2N2O2/c16-11-4-1-5-12(14(11)17)19-15(21)13-7-6-10(9-18-13)3-2-8-20/h1,4-7,9,20H,8H2,(H,19,21). The van der Waals surface area contributed by atoms with Crippen molar-refractivity contribution in [3.05, 3.63) is 57.8 Å². The summed E-state index contributed by atoms with van der Waals surface area (Å²) in [5, 5.41) is 11.9. The first-order valence-corrected chi connectivity index (χ1v) is 6.68. The van der Waals surface area contributed by atoms with Crippen LogP contribution < -0.4 is 5.32 Å². The second-order valence-electron chi connectivity index (χ2n) is 3.95. The molecule has 0 bridgehead atoms. The zero-order chi connectivity index (χ0) is 15.2. The van der Waals surface area contributed by atoms with Crippen molar-refractivity contribution >= 4 is 34.8 Å². The Balaban J connectivity index is 2.15. The van der Waals surface area contributed by atoms with E-state index in [1.54, 1.807) is 24.3 Å². The summed E-state index contributed by atoms with van der Waals surface area (Å²) in [6.45, 7) is -0.227. The second-order valence-corrected chi connectivity index (χ2v) is 4.73. The number of carbonyl (C=O) groups excluding carboxylic acids is 1. The number of anilines is 1. The van der Waals surface area contributed by atoms with Crippen LogP contribution in [0, 0.1) is 11.8 Å². The number of hydrogen-bond acceptors (Lipinski definition) is 3. The highest BCUT2D eigenvalue weighted by atomic mass is 35.5. The highest BCUT2D eigenvalue weighted by molar-refractivity contribution is 6.44. The minimum atomic E-state index is -0.402. The Kier molecular flexibility index (Phi) is 5.18. The van der Waals surface area contributed by atoms with Gasteiger partial charge in [-0.1, -0.05) is 41.1 Å². The molecule has 0 aliphatic heterocycles. The van der Waals surface area contributed by atoms with Crippen LogP contribution in [0.1, 0.15) is 16.1 Å². The SMILES string of the molecule is O=C(Nc1cccc(Cl)c1Cl)c1ccc(C#CCO)cn1. The molecule has 0 saturated heterocycles. The number of benzene rings is 1. The third kappa shape index (κ3) is 3.96. The Morgan fingerprint density at radius 1 is 1.29 bits per heavy atom. The average molecular weight is 321 g/mol. The van der Waals surface area contributed by atoms with Crippen LogP contribution in [-0.4, -0.2) is 22.6 Å². The maximum Gasteiger partial charge on any atom is 0.274 e. The number of aliphatic hydroxyl groups is 1. The molecule has 1 amide bonds. The zero-order valence-corrected chi connectivity index (χ0v) is 12.2. The summed E-state index contributed by atoms with van der Waals surface area (Å²) < 4.78 is 0. The van der Waals surface area contributed by atoms with Gasteiger partial charge in [0, 0.05) is 11.8 Å². The van der Waals surface area contributed by atoms with Gasteiger partial charge in [-0.15, -0.1) is 0 Å². The van der Waals surface area contributed by atoms with Crippen LogP contribution in [0.15, 0.2) is 36.5 Å². The van der Waals surface area contributed by atoms with Crippen LogP contribution in [-0.2, 0) is 0 Å². The molecule has 0 fully saturated rings. The summed E-state index contributed by atoms with van der Waals surface area (Å²) in [7, 11) is 0. The molecule has 1 aromatic heterocycles. The molecule has 0 spiro atoms. The van der Waals surface area contributed by atoms with Crippen molar-refractivity contribution in [1.29, 1.82) is 0 Å². The summed E-state index contributed by atoms with van der Waals surface area (Å²) >= 11 is 11.9. The van der Waals surface area contributed by atoms with Crippen molar-refractivity contribution in [2.75, 3.05) is 11.9 Å². The van der Waals surface area contributed by atoms with Gasteiger partial charge in [0.25, 0.3) is 5.91 Å². The molecular weight excluding hydrogens is 311 g/mol. The molecule has 6 heteroatoms. The van der Waals surface area contributed by atoms with Crippen LogP contribution in [0.2, 0.25) is 10.0 Å². The average Bonchev–Trinajstić information content (AvgIpc) is 2.50. The van der Waals surface area contributed by atoms with E-state index in [1.807, 2.05) is 0 Å². The van der Waals surface area contributed by atoms with Gasteiger partial charge in [0.05, 0.1) is 15.7 Å². The van der Waals surface area contributed by atoms with Gasteiger partial charge >= 0.3 is 0 Å².